The first-order valence-electron chi connectivity index (χ1n) is 5.63. The molecular formula is C13H18O4. The number of ether oxygens (including phenoxy) is 4. The SMILES string of the molecule is COc1cc2c(c(OC)c1OC)CO[C@@H](C)C2. The summed E-state index contributed by atoms with van der Waals surface area (Å²) in [4.78, 5) is 0. The summed E-state index contributed by atoms with van der Waals surface area (Å²) in [6.07, 6.45) is 1.09. The van der Waals surface area contributed by atoms with Gasteiger partial charge in [-0.1, -0.05) is 0 Å². The molecule has 0 amide bonds. The number of fused-ring (bicyclic) bond motifs is 1. The normalized spacial score (nSPS) is 18.5. The third-order valence-electron chi connectivity index (χ3n) is 3.04. The molecule has 0 aromatic heterocycles. The maximum Gasteiger partial charge on any atom is 0.203 e. The van der Waals surface area contributed by atoms with E-state index in [-0.39, 0.29) is 6.10 Å². The minimum Gasteiger partial charge on any atom is -0.493 e. The van der Waals surface area contributed by atoms with Crippen molar-refractivity contribution in [2.75, 3.05) is 21.3 Å². The molecule has 1 aliphatic rings. The monoisotopic (exact) mass is 238 g/mol. The van der Waals surface area contributed by atoms with E-state index in [1.807, 2.05) is 6.07 Å². The summed E-state index contributed by atoms with van der Waals surface area (Å²) in [6.45, 7) is 2.62. The molecule has 17 heavy (non-hydrogen) atoms. The lowest BCUT2D eigenvalue weighted by Crippen LogP contribution is -2.20. The molecule has 0 saturated heterocycles. The van der Waals surface area contributed by atoms with Crippen molar-refractivity contribution in [1.82, 2.24) is 0 Å². The fourth-order valence-corrected chi connectivity index (χ4v) is 2.20. The highest BCUT2D eigenvalue weighted by molar-refractivity contribution is 5.59. The van der Waals surface area contributed by atoms with E-state index in [2.05, 4.69) is 6.92 Å². The first-order valence-corrected chi connectivity index (χ1v) is 5.63. The number of rotatable bonds is 3. The van der Waals surface area contributed by atoms with Crippen LogP contribution in [0.5, 0.6) is 17.2 Å². The van der Waals surface area contributed by atoms with Crippen LogP contribution in [0.25, 0.3) is 0 Å². The second-order valence-electron chi connectivity index (χ2n) is 4.11. The molecule has 1 aromatic carbocycles. The topological polar surface area (TPSA) is 36.9 Å². The average molecular weight is 238 g/mol. The number of hydrogen-bond donors (Lipinski definition) is 0. The summed E-state index contributed by atoms with van der Waals surface area (Å²) in [5, 5.41) is 0. The van der Waals surface area contributed by atoms with Crippen LogP contribution in [0.2, 0.25) is 0 Å². The van der Waals surface area contributed by atoms with Crippen LogP contribution in [0.4, 0.5) is 0 Å². The Labute approximate surface area is 101 Å². The minimum absolute atomic E-state index is 0.227. The lowest BCUT2D eigenvalue weighted by molar-refractivity contribution is 0.0392. The van der Waals surface area contributed by atoms with Gasteiger partial charge in [-0.2, -0.15) is 0 Å². The van der Waals surface area contributed by atoms with Gasteiger partial charge in [-0.3, -0.25) is 0 Å². The second kappa shape index (κ2) is 4.84. The molecule has 0 radical (unpaired) electrons. The van der Waals surface area contributed by atoms with Gasteiger partial charge in [0.1, 0.15) is 0 Å². The molecule has 0 saturated carbocycles. The third kappa shape index (κ3) is 2.05. The van der Waals surface area contributed by atoms with E-state index in [9.17, 15) is 0 Å². The Kier molecular flexibility index (Phi) is 3.43. The Bertz CT molecular complexity index is 414. The molecule has 2 rings (SSSR count). The van der Waals surface area contributed by atoms with Gasteiger partial charge >= 0.3 is 0 Å². The minimum atomic E-state index is 0.227. The standard InChI is InChI=1S/C13H18O4/c1-8-5-9-6-11(14-2)13(16-4)12(15-3)10(9)7-17-8/h6,8H,5,7H2,1-4H3/t8-/m0/s1. The Balaban J connectivity index is 2.57. The molecule has 0 fully saturated rings. The highest BCUT2D eigenvalue weighted by Crippen LogP contribution is 2.43. The molecule has 0 bridgehead atoms. The molecule has 94 valence electrons. The van der Waals surface area contributed by atoms with Crippen molar-refractivity contribution < 1.29 is 18.9 Å². The molecule has 4 heteroatoms. The third-order valence-corrected chi connectivity index (χ3v) is 3.04. The van der Waals surface area contributed by atoms with Crippen molar-refractivity contribution >= 4 is 0 Å². The zero-order chi connectivity index (χ0) is 12.4. The molecular weight excluding hydrogens is 220 g/mol. The van der Waals surface area contributed by atoms with Gasteiger partial charge in [0.05, 0.1) is 34.0 Å². The average Bonchev–Trinajstić information content (AvgIpc) is 2.35. The van der Waals surface area contributed by atoms with E-state index >= 15 is 0 Å². The van der Waals surface area contributed by atoms with Crippen molar-refractivity contribution in [3.05, 3.63) is 17.2 Å². The van der Waals surface area contributed by atoms with Crippen LogP contribution in [0.1, 0.15) is 18.1 Å². The molecule has 0 unspecified atom stereocenters. The molecule has 0 N–H and O–H groups in total. The summed E-state index contributed by atoms with van der Waals surface area (Å²) in [6, 6.07) is 2.01. The Morgan fingerprint density at radius 3 is 2.41 bits per heavy atom. The summed E-state index contributed by atoms with van der Waals surface area (Å²) in [7, 11) is 4.88. The van der Waals surface area contributed by atoms with E-state index in [0.717, 1.165) is 12.0 Å². The summed E-state index contributed by atoms with van der Waals surface area (Å²) < 4.78 is 21.8. The van der Waals surface area contributed by atoms with Crippen molar-refractivity contribution in [1.29, 1.82) is 0 Å². The number of benzene rings is 1. The number of hydrogen-bond acceptors (Lipinski definition) is 4. The van der Waals surface area contributed by atoms with Gasteiger partial charge in [0, 0.05) is 5.56 Å². The van der Waals surface area contributed by atoms with Crippen LogP contribution >= 0.6 is 0 Å². The second-order valence-corrected chi connectivity index (χ2v) is 4.11. The molecule has 0 spiro atoms. The van der Waals surface area contributed by atoms with Gasteiger partial charge in [-0.05, 0) is 25.0 Å². The Morgan fingerprint density at radius 1 is 1.12 bits per heavy atom. The van der Waals surface area contributed by atoms with Crippen molar-refractivity contribution in [2.45, 2.75) is 26.1 Å². The molecule has 0 aliphatic carbocycles. The Hall–Kier alpha value is -1.42. The van der Waals surface area contributed by atoms with Gasteiger partial charge in [-0.25, -0.2) is 0 Å². The van der Waals surface area contributed by atoms with Gasteiger partial charge in [-0.15, -0.1) is 0 Å². The van der Waals surface area contributed by atoms with Gasteiger partial charge in [0.15, 0.2) is 11.5 Å². The maximum absolute atomic E-state index is 5.64. The zero-order valence-electron chi connectivity index (χ0n) is 10.7. The van der Waals surface area contributed by atoms with Crippen LogP contribution in [0, 0.1) is 0 Å². The molecule has 4 nitrogen and oxygen atoms in total. The molecule has 1 atom stereocenters. The highest BCUT2D eigenvalue weighted by Gasteiger charge is 2.25. The summed E-state index contributed by atoms with van der Waals surface area (Å²) in [5.41, 5.74) is 2.27. The molecule has 1 heterocycles. The van der Waals surface area contributed by atoms with Crippen LogP contribution in [-0.4, -0.2) is 27.4 Å². The molecule has 1 aromatic rings. The van der Waals surface area contributed by atoms with E-state index < -0.39 is 0 Å². The molecule has 1 aliphatic heterocycles. The van der Waals surface area contributed by atoms with Gasteiger partial charge in [0.25, 0.3) is 0 Å². The van der Waals surface area contributed by atoms with Crippen molar-refractivity contribution in [3.8, 4) is 17.2 Å². The largest absolute Gasteiger partial charge is 0.493 e. The first-order chi connectivity index (χ1) is 8.21. The smallest absolute Gasteiger partial charge is 0.203 e. The maximum atomic E-state index is 5.64. The fourth-order valence-electron chi connectivity index (χ4n) is 2.20. The van der Waals surface area contributed by atoms with Crippen LogP contribution < -0.4 is 14.2 Å². The fraction of sp³-hybridized carbons (Fsp3) is 0.538. The predicted octanol–water partition coefficient (Wildman–Crippen LogP) is 2.17. The van der Waals surface area contributed by atoms with Gasteiger partial charge in [0.2, 0.25) is 5.75 Å². The summed E-state index contributed by atoms with van der Waals surface area (Å²) >= 11 is 0. The Morgan fingerprint density at radius 2 is 1.82 bits per heavy atom. The van der Waals surface area contributed by atoms with Crippen LogP contribution in [0.15, 0.2) is 6.07 Å². The van der Waals surface area contributed by atoms with Crippen LogP contribution in [-0.2, 0) is 17.8 Å². The van der Waals surface area contributed by atoms with E-state index in [0.29, 0.717) is 23.9 Å². The highest BCUT2D eigenvalue weighted by atomic mass is 16.5. The van der Waals surface area contributed by atoms with Crippen molar-refractivity contribution in [2.24, 2.45) is 0 Å². The van der Waals surface area contributed by atoms with E-state index in [1.54, 1.807) is 21.3 Å². The van der Waals surface area contributed by atoms with Crippen LogP contribution in [0.3, 0.4) is 0 Å². The van der Waals surface area contributed by atoms with Gasteiger partial charge < -0.3 is 18.9 Å². The first kappa shape index (κ1) is 12.0. The quantitative estimate of drug-likeness (QED) is 0.808. The van der Waals surface area contributed by atoms with E-state index in [4.69, 9.17) is 18.9 Å². The lowest BCUT2D eigenvalue weighted by Gasteiger charge is -2.26. The summed E-state index contributed by atoms with van der Waals surface area (Å²) in [5.74, 6) is 2.05. The van der Waals surface area contributed by atoms with E-state index in [1.165, 1.54) is 5.56 Å². The van der Waals surface area contributed by atoms with Crippen molar-refractivity contribution in [3.63, 3.8) is 0 Å². The zero-order valence-corrected chi connectivity index (χ0v) is 10.7. The number of methoxy groups -OCH3 is 3. The lowest BCUT2D eigenvalue weighted by atomic mass is 9.98. The predicted molar refractivity (Wildman–Crippen MR) is 64.1 cm³/mol.